The Morgan fingerprint density at radius 1 is 1.72 bits per heavy atom. The van der Waals surface area contributed by atoms with Crippen LogP contribution in [-0.4, -0.2) is 34.1 Å². The molecule has 0 unspecified atom stereocenters. The van der Waals surface area contributed by atoms with Crippen LogP contribution in [0.3, 0.4) is 0 Å². The van der Waals surface area contributed by atoms with Crippen LogP contribution in [0.25, 0.3) is 0 Å². The monoisotopic (exact) mass is 251 g/mol. The number of nitrogens with zero attached hydrogens (tertiary/aromatic N) is 3. The fraction of sp³-hybridized carbons (Fsp3) is 0.273. The van der Waals surface area contributed by atoms with Crippen LogP contribution in [-0.2, 0) is 0 Å². The molecule has 0 aliphatic carbocycles. The predicted molar refractivity (Wildman–Crippen MR) is 65.9 cm³/mol. The smallest absolute Gasteiger partial charge is 0.342 e. The van der Waals surface area contributed by atoms with Crippen molar-refractivity contribution in [3.05, 3.63) is 40.6 Å². The van der Waals surface area contributed by atoms with Crippen molar-refractivity contribution in [3.63, 3.8) is 0 Å². The highest BCUT2D eigenvalue weighted by atomic mass is 16.6. The molecule has 7 heteroatoms. The Morgan fingerprint density at radius 3 is 2.83 bits per heavy atom. The van der Waals surface area contributed by atoms with Crippen molar-refractivity contribution in [1.29, 1.82) is 0 Å². The van der Waals surface area contributed by atoms with E-state index in [1.54, 1.807) is 11.0 Å². The first-order valence-corrected chi connectivity index (χ1v) is 5.24. The molecule has 0 radical (unpaired) electrons. The van der Waals surface area contributed by atoms with Crippen LogP contribution in [0.2, 0.25) is 0 Å². The molecule has 1 aromatic heterocycles. The zero-order chi connectivity index (χ0) is 13.7. The molecule has 7 nitrogen and oxygen atoms in total. The lowest BCUT2D eigenvalue weighted by atomic mass is 10.2. The lowest BCUT2D eigenvalue weighted by Crippen LogP contribution is -2.24. The van der Waals surface area contributed by atoms with Crippen molar-refractivity contribution >= 4 is 17.5 Å². The lowest BCUT2D eigenvalue weighted by molar-refractivity contribution is -0.385. The quantitative estimate of drug-likeness (QED) is 0.469. The Bertz CT molecular complexity index is 487. The highest BCUT2D eigenvalue weighted by molar-refractivity contribution is 5.93. The molecule has 18 heavy (non-hydrogen) atoms. The molecule has 0 aromatic carbocycles. The van der Waals surface area contributed by atoms with Gasteiger partial charge in [0.15, 0.2) is 0 Å². The third-order valence-corrected chi connectivity index (χ3v) is 2.35. The Kier molecular flexibility index (Phi) is 4.36. The zero-order valence-corrected chi connectivity index (χ0v) is 9.87. The standard InChI is InChI=1S/C11H13N3O4/c1-3-5-13(4-2)10-6-8(11(15)16)9(7-12-10)14(17)18/h3,6-7H,1,4-5H2,2H3,(H,15,16). The molecular formula is C11H13N3O4. The molecule has 0 saturated heterocycles. The average Bonchev–Trinajstić information content (AvgIpc) is 2.35. The Morgan fingerprint density at radius 2 is 2.39 bits per heavy atom. The number of hydrogen-bond acceptors (Lipinski definition) is 5. The third kappa shape index (κ3) is 2.82. The molecule has 96 valence electrons. The molecule has 1 N–H and O–H groups in total. The first-order valence-electron chi connectivity index (χ1n) is 5.24. The van der Waals surface area contributed by atoms with E-state index in [9.17, 15) is 14.9 Å². The van der Waals surface area contributed by atoms with Crippen LogP contribution in [0.1, 0.15) is 17.3 Å². The van der Waals surface area contributed by atoms with Gasteiger partial charge in [0.25, 0.3) is 0 Å². The molecule has 0 atom stereocenters. The van der Waals surface area contributed by atoms with Crippen molar-refractivity contribution in [2.24, 2.45) is 0 Å². The van der Waals surface area contributed by atoms with Crippen molar-refractivity contribution in [1.82, 2.24) is 4.98 Å². The summed E-state index contributed by atoms with van der Waals surface area (Å²) in [4.78, 5) is 26.6. The van der Waals surface area contributed by atoms with E-state index in [1.165, 1.54) is 6.07 Å². The highest BCUT2D eigenvalue weighted by Crippen LogP contribution is 2.22. The van der Waals surface area contributed by atoms with E-state index in [2.05, 4.69) is 11.6 Å². The molecule has 1 heterocycles. The van der Waals surface area contributed by atoms with Crippen LogP contribution in [0.15, 0.2) is 24.9 Å². The molecule has 0 saturated carbocycles. The van der Waals surface area contributed by atoms with Crippen LogP contribution < -0.4 is 4.90 Å². The minimum atomic E-state index is -1.35. The fourth-order valence-corrected chi connectivity index (χ4v) is 1.47. The van der Waals surface area contributed by atoms with Gasteiger partial charge in [0.1, 0.15) is 17.6 Å². The number of carboxylic acid groups (broad SMARTS) is 1. The molecule has 1 rings (SSSR count). The van der Waals surface area contributed by atoms with Crippen molar-refractivity contribution in [2.45, 2.75) is 6.92 Å². The average molecular weight is 251 g/mol. The Labute approximate surface area is 104 Å². The predicted octanol–water partition coefficient (Wildman–Crippen LogP) is 1.70. The lowest BCUT2D eigenvalue weighted by Gasteiger charge is -2.19. The molecule has 0 bridgehead atoms. The van der Waals surface area contributed by atoms with Gasteiger partial charge in [-0.3, -0.25) is 10.1 Å². The summed E-state index contributed by atoms with van der Waals surface area (Å²) in [5.74, 6) is -0.972. The number of carbonyl (C=O) groups is 1. The van der Waals surface area contributed by atoms with Gasteiger partial charge in [-0.25, -0.2) is 9.78 Å². The molecule has 1 aromatic rings. The van der Waals surface area contributed by atoms with Gasteiger partial charge in [0.05, 0.1) is 4.92 Å². The summed E-state index contributed by atoms with van der Waals surface area (Å²) in [6.07, 6.45) is 2.61. The second-order valence-electron chi connectivity index (χ2n) is 3.45. The number of likely N-dealkylation sites (N-methyl/N-ethyl adjacent to an activating group) is 1. The molecule has 0 spiro atoms. The van der Waals surface area contributed by atoms with Gasteiger partial charge in [0.2, 0.25) is 0 Å². The minimum Gasteiger partial charge on any atom is -0.477 e. The maximum atomic E-state index is 11.0. The first-order chi connectivity index (χ1) is 8.51. The second kappa shape index (κ2) is 5.76. The van der Waals surface area contributed by atoms with Gasteiger partial charge in [-0.15, -0.1) is 6.58 Å². The molecule has 0 fully saturated rings. The zero-order valence-electron chi connectivity index (χ0n) is 9.87. The SMILES string of the molecule is C=CCN(CC)c1cc(C(=O)O)c([N+](=O)[O-])cn1. The summed E-state index contributed by atoms with van der Waals surface area (Å²) in [5, 5.41) is 19.6. The number of aromatic nitrogens is 1. The van der Waals surface area contributed by atoms with E-state index < -0.39 is 16.6 Å². The summed E-state index contributed by atoms with van der Waals surface area (Å²) in [7, 11) is 0. The van der Waals surface area contributed by atoms with Gasteiger partial charge in [-0.2, -0.15) is 0 Å². The van der Waals surface area contributed by atoms with E-state index in [0.717, 1.165) is 6.20 Å². The number of pyridine rings is 1. The van der Waals surface area contributed by atoms with E-state index in [4.69, 9.17) is 5.11 Å². The van der Waals surface area contributed by atoms with Crippen molar-refractivity contribution < 1.29 is 14.8 Å². The molecular weight excluding hydrogens is 238 g/mol. The summed E-state index contributed by atoms with van der Waals surface area (Å²) in [6.45, 7) is 6.53. The van der Waals surface area contributed by atoms with Crippen LogP contribution in [0.4, 0.5) is 11.5 Å². The summed E-state index contributed by atoms with van der Waals surface area (Å²) < 4.78 is 0. The minimum absolute atomic E-state index is 0.368. The van der Waals surface area contributed by atoms with Gasteiger partial charge in [-0.1, -0.05) is 6.08 Å². The van der Waals surface area contributed by atoms with E-state index in [-0.39, 0.29) is 5.56 Å². The van der Waals surface area contributed by atoms with E-state index >= 15 is 0 Å². The van der Waals surface area contributed by atoms with E-state index in [1.807, 2.05) is 6.92 Å². The number of anilines is 1. The maximum absolute atomic E-state index is 11.0. The normalized spacial score (nSPS) is 9.83. The van der Waals surface area contributed by atoms with E-state index in [0.29, 0.717) is 18.9 Å². The Hall–Kier alpha value is -2.44. The van der Waals surface area contributed by atoms with Crippen LogP contribution in [0, 0.1) is 10.1 Å². The fourth-order valence-electron chi connectivity index (χ4n) is 1.47. The van der Waals surface area contributed by atoms with Gasteiger partial charge in [0, 0.05) is 19.2 Å². The van der Waals surface area contributed by atoms with Crippen LogP contribution in [0.5, 0.6) is 0 Å². The number of hydrogen-bond donors (Lipinski definition) is 1. The molecule has 0 aliphatic heterocycles. The summed E-state index contributed by atoms with van der Waals surface area (Å²) in [5.41, 5.74) is -0.881. The number of aromatic carboxylic acids is 1. The topological polar surface area (TPSA) is 96.6 Å². The van der Waals surface area contributed by atoms with Crippen molar-refractivity contribution in [2.75, 3.05) is 18.0 Å². The maximum Gasteiger partial charge on any atom is 0.342 e. The largest absolute Gasteiger partial charge is 0.477 e. The van der Waals surface area contributed by atoms with Gasteiger partial charge >= 0.3 is 11.7 Å². The summed E-state index contributed by atoms with van der Waals surface area (Å²) >= 11 is 0. The molecule has 0 amide bonds. The summed E-state index contributed by atoms with van der Waals surface area (Å²) in [6, 6.07) is 1.20. The van der Waals surface area contributed by atoms with Crippen molar-refractivity contribution in [3.8, 4) is 0 Å². The molecule has 0 aliphatic rings. The highest BCUT2D eigenvalue weighted by Gasteiger charge is 2.22. The number of nitro groups is 1. The first kappa shape index (κ1) is 13.6. The Balaban J connectivity index is 3.25. The third-order valence-electron chi connectivity index (χ3n) is 2.35. The second-order valence-corrected chi connectivity index (χ2v) is 3.45. The van der Waals surface area contributed by atoms with Gasteiger partial charge in [-0.05, 0) is 6.92 Å². The van der Waals surface area contributed by atoms with Gasteiger partial charge < -0.3 is 10.0 Å². The number of carboxylic acids is 1. The number of rotatable bonds is 6. The van der Waals surface area contributed by atoms with Crippen LogP contribution >= 0.6 is 0 Å².